The monoisotopic (exact) mass is 329 g/mol. The van der Waals surface area contributed by atoms with E-state index in [0.717, 1.165) is 40.6 Å². The number of thioether (sulfide) groups is 1. The van der Waals surface area contributed by atoms with Crippen LogP contribution >= 0.6 is 23.1 Å². The number of anilines is 1. The number of aryl methyl sites for hydroxylation is 2. The average Bonchev–Trinajstić information content (AvgIpc) is 2.92. The van der Waals surface area contributed by atoms with Crippen LogP contribution in [0.25, 0.3) is 10.2 Å². The fourth-order valence-corrected chi connectivity index (χ4v) is 3.92. The first-order valence-corrected chi connectivity index (χ1v) is 9.25. The molecular weight excluding hydrogens is 310 g/mol. The summed E-state index contributed by atoms with van der Waals surface area (Å²) >= 11 is 3.59. The number of nitrogens with zero attached hydrogens (tertiary/aromatic N) is 2. The Morgan fingerprint density at radius 1 is 1.18 bits per heavy atom. The molecule has 3 rings (SSSR count). The van der Waals surface area contributed by atoms with Crippen molar-refractivity contribution in [3.63, 3.8) is 0 Å². The summed E-state index contributed by atoms with van der Waals surface area (Å²) in [6.07, 6.45) is 0.861. The van der Waals surface area contributed by atoms with Crippen LogP contribution in [0.1, 0.15) is 17.6 Å². The Labute approximate surface area is 139 Å². The SMILES string of the molecule is CCc1nc(NCCSc2ccccc2)c2cc(C)sc2n1. The van der Waals surface area contributed by atoms with E-state index >= 15 is 0 Å². The first kappa shape index (κ1) is 15.3. The van der Waals surface area contributed by atoms with E-state index in [1.54, 1.807) is 11.3 Å². The van der Waals surface area contributed by atoms with Crippen LogP contribution in [0, 0.1) is 6.92 Å². The third kappa shape index (κ3) is 3.59. The van der Waals surface area contributed by atoms with E-state index in [4.69, 9.17) is 0 Å². The van der Waals surface area contributed by atoms with Crippen LogP contribution in [0.5, 0.6) is 0 Å². The van der Waals surface area contributed by atoms with Gasteiger partial charge in [-0.15, -0.1) is 23.1 Å². The van der Waals surface area contributed by atoms with Gasteiger partial charge in [-0.1, -0.05) is 25.1 Å². The minimum atomic E-state index is 0.861. The predicted octanol–water partition coefficient (Wildman–Crippen LogP) is 4.77. The van der Waals surface area contributed by atoms with Gasteiger partial charge in [0.25, 0.3) is 0 Å². The molecule has 2 aromatic heterocycles. The molecule has 0 fully saturated rings. The van der Waals surface area contributed by atoms with Crippen molar-refractivity contribution in [1.29, 1.82) is 0 Å². The lowest BCUT2D eigenvalue weighted by Crippen LogP contribution is -2.07. The molecule has 114 valence electrons. The third-order valence-electron chi connectivity index (χ3n) is 3.28. The van der Waals surface area contributed by atoms with Gasteiger partial charge in [0.15, 0.2) is 0 Å². The largest absolute Gasteiger partial charge is 0.369 e. The minimum absolute atomic E-state index is 0.861. The topological polar surface area (TPSA) is 37.8 Å². The van der Waals surface area contributed by atoms with Gasteiger partial charge in [-0.05, 0) is 25.1 Å². The van der Waals surface area contributed by atoms with Crippen molar-refractivity contribution in [3.8, 4) is 0 Å². The number of hydrogen-bond acceptors (Lipinski definition) is 5. The van der Waals surface area contributed by atoms with E-state index in [9.17, 15) is 0 Å². The molecular formula is C17H19N3S2. The lowest BCUT2D eigenvalue weighted by molar-refractivity contribution is 0.961. The molecule has 0 spiro atoms. The van der Waals surface area contributed by atoms with Crippen LogP contribution in [0.15, 0.2) is 41.3 Å². The van der Waals surface area contributed by atoms with Gasteiger partial charge in [-0.25, -0.2) is 9.97 Å². The highest BCUT2D eigenvalue weighted by Gasteiger charge is 2.09. The quantitative estimate of drug-likeness (QED) is 0.522. The molecule has 0 aliphatic carbocycles. The van der Waals surface area contributed by atoms with Crippen LogP contribution in [0.4, 0.5) is 5.82 Å². The second kappa shape index (κ2) is 7.11. The molecule has 0 aliphatic heterocycles. The maximum Gasteiger partial charge on any atom is 0.138 e. The van der Waals surface area contributed by atoms with Crippen molar-refractivity contribution in [2.75, 3.05) is 17.6 Å². The summed E-state index contributed by atoms with van der Waals surface area (Å²) in [5.41, 5.74) is 0. The number of hydrogen-bond donors (Lipinski definition) is 1. The lowest BCUT2D eigenvalue weighted by Gasteiger charge is -2.08. The summed E-state index contributed by atoms with van der Waals surface area (Å²) in [7, 11) is 0. The van der Waals surface area contributed by atoms with E-state index in [2.05, 4.69) is 59.5 Å². The maximum atomic E-state index is 4.65. The molecule has 0 radical (unpaired) electrons. The van der Waals surface area contributed by atoms with Crippen molar-refractivity contribution < 1.29 is 0 Å². The van der Waals surface area contributed by atoms with Gasteiger partial charge in [0.1, 0.15) is 16.5 Å². The second-order valence-electron chi connectivity index (χ2n) is 5.01. The molecule has 0 saturated heterocycles. The smallest absolute Gasteiger partial charge is 0.138 e. The van der Waals surface area contributed by atoms with Crippen molar-refractivity contribution >= 4 is 39.1 Å². The highest BCUT2D eigenvalue weighted by atomic mass is 32.2. The molecule has 2 heterocycles. The van der Waals surface area contributed by atoms with Gasteiger partial charge in [-0.3, -0.25) is 0 Å². The molecule has 0 amide bonds. The zero-order chi connectivity index (χ0) is 15.4. The average molecular weight is 329 g/mol. The summed E-state index contributed by atoms with van der Waals surface area (Å²) < 4.78 is 0. The summed E-state index contributed by atoms with van der Waals surface area (Å²) in [5.74, 6) is 2.90. The molecule has 0 unspecified atom stereocenters. The van der Waals surface area contributed by atoms with Crippen LogP contribution < -0.4 is 5.32 Å². The zero-order valence-corrected chi connectivity index (χ0v) is 14.4. The molecule has 5 heteroatoms. The fraction of sp³-hybridized carbons (Fsp3) is 0.294. The predicted molar refractivity (Wildman–Crippen MR) is 97.2 cm³/mol. The maximum absolute atomic E-state index is 4.65. The normalized spacial score (nSPS) is 11.0. The third-order valence-corrected chi connectivity index (χ3v) is 5.24. The van der Waals surface area contributed by atoms with Crippen molar-refractivity contribution in [3.05, 3.63) is 47.1 Å². The fourth-order valence-electron chi connectivity index (χ4n) is 2.23. The molecule has 0 bridgehead atoms. The highest BCUT2D eigenvalue weighted by Crippen LogP contribution is 2.28. The summed E-state index contributed by atoms with van der Waals surface area (Å²) in [5, 5.41) is 4.62. The summed E-state index contributed by atoms with van der Waals surface area (Å²) in [6.45, 7) is 5.10. The number of nitrogens with one attached hydrogen (secondary N) is 1. The van der Waals surface area contributed by atoms with E-state index in [1.165, 1.54) is 9.77 Å². The first-order valence-electron chi connectivity index (χ1n) is 7.45. The van der Waals surface area contributed by atoms with E-state index in [1.807, 2.05) is 17.8 Å². The number of fused-ring (bicyclic) bond motifs is 1. The van der Waals surface area contributed by atoms with Gasteiger partial charge in [-0.2, -0.15) is 0 Å². The molecule has 3 aromatic rings. The molecule has 1 N–H and O–H groups in total. The number of thiophene rings is 1. The molecule has 0 aliphatic rings. The molecule has 1 aromatic carbocycles. The number of benzene rings is 1. The van der Waals surface area contributed by atoms with Gasteiger partial charge < -0.3 is 5.32 Å². The van der Waals surface area contributed by atoms with Gasteiger partial charge in [0.05, 0.1) is 5.39 Å². The Bertz CT molecular complexity index is 753. The first-order chi connectivity index (χ1) is 10.8. The van der Waals surface area contributed by atoms with Crippen molar-refractivity contribution in [2.24, 2.45) is 0 Å². The Hall–Kier alpha value is -1.59. The van der Waals surface area contributed by atoms with Gasteiger partial charge in [0, 0.05) is 28.5 Å². The molecule has 22 heavy (non-hydrogen) atoms. The van der Waals surface area contributed by atoms with Crippen LogP contribution in [0.2, 0.25) is 0 Å². The van der Waals surface area contributed by atoms with Crippen LogP contribution in [-0.2, 0) is 6.42 Å². The van der Waals surface area contributed by atoms with Crippen molar-refractivity contribution in [1.82, 2.24) is 9.97 Å². The van der Waals surface area contributed by atoms with E-state index in [-0.39, 0.29) is 0 Å². The molecule has 3 nitrogen and oxygen atoms in total. The van der Waals surface area contributed by atoms with E-state index in [0.29, 0.717) is 0 Å². The van der Waals surface area contributed by atoms with E-state index < -0.39 is 0 Å². The second-order valence-corrected chi connectivity index (χ2v) is 7.41. The number of aromatic nitrogens is 2. The van der Waals surface area contributed by atoms with Crippen LogP contribution in [-0.4, -0.2) is 22.3 Å². The standard InChI is InChI=1S/C17H19N3S2/c1-3-15-19-16(14-11-12(2)22-17(14)20-15)18-9-10-21-13-7-5-4-6-8-13/h4-8,11H,3,9-10H2,1-2H3,(H,18,19,20). The van der Waals surface area contributed by atoms with Crippen LogP contribution in [0.3, 0.4) is 0 Å². The Morgan fingerprint density at radius 3 is 2.77 bits per heavy atom. The Kier molecular flexibility index (Phi) is 4.95. The van der Waals surface area contributed by atoms with Gasteiger partial charge in [0.2, 0.25) is 0 Å². The highest BCUT2D eigenvalue weighted by molar-refractivity contribution is 7.99. The molecule has 0 saturated carbocycles. The Morgan fingerprint density at radius 2 is 2.00 bits per heavy atom. The van der Waals surface area contributed by atoms with Crippen molar-refractivity contribution in [2.45, 2.75) is 25.2 Å². The summed E-state index contributed by atoms with van der Waals surface area (Å²) in [6, 6.07) is 12.7. The van der Waals surface area contributed by atoms with Gasteiger partial charge >= 0.3 is 0 Å². The Balaban J connectivity index is 1.68. The number of rotatable bonds is 6. The zero-order valence-electron chi connectivity index (χ0n) is 12.8. The summed E-state index contributed by atoms with van der Waals surface area (Å²) in [4.78, 5) is 12.9. The molecule has 0 atom stereocenters. The lowest BCUT2D eigenvalue weighted by atomic mass is 10.3. The minimum Gasteiger partial charge on any atom is -0.369 e.